The lowest BCUT2D eigenvalue weighted by Crippen LogP contribution is -2.21. The molecule has 0 spiro atoms. The molecule has 4 nitrogen and oxygen atoms in total. The predicted octanol–water partition coefficient (Wildman–Crippen LogP) is 2.80. The van der Waals surface area contributed by atoms with Gasteiger partial charge in [0.2, 0.25) is 5.88 Å². The smallest absolute Gasteiger partial charge is 0.205 e. The molecule has 1 aliphatic heterocycles. The highest BCUT2D eigenvalue weighted by atomic mass is 16.5. The average Bonchev–Trinajstić information content (AvgIpc) is 2.46. The Balaban J connectivity index is 2.27. The zero-order valence-corrected chi connectivity index (χ0v) is 11.6. The van der Waals surface area contributed by atoms with E-state index in [1.807, 2.05) is 43.3 Å². The zero-order chi connectivity index (χ0) is 15.0. The third-order valence-corrected chi connectivity index (χ3v) is 3.74. The summed E-state index contributed by atoms with van der Waals surface area (Å²) >= 11 is 0. The number of ether oxygens (including phenoxy) is 1. The quantitative estimate of drug-likeness (QED) is 0.785. The SMILES string of the molecule is Cc1ccccc1[C@@H]1C(C#N)=C(N)Oc2cc(N)ccc21. The molecule has 0 unspecified atom stereocenters. The van der Waals surface area contributed by atoms with Crippen LogP contribution in [-0.2, 0) is 0 Å². The molecule has 0 amide bonds. The van der Waals surface area contributed by atoms with Gasteiger partial charge in [-0.05, 0) is 24.1 Å². The van der Waals surface area contributed by atoms with Crippen molar-refractivity contribution in [2.45, 2.75) is 12.8 Å². The second kappa shape index (κ2) is 4.88. The zero-order valence-electron chi connectivity index (χ0n) is 11.6. The fourth-order valence-corrected chi connectivity index (χ4v) is 2.70. The number of nitrogens with zero attached hydrogens (tertiary/aromatic N) is 1. The van der Waals surface area contributed by atoms with Crippen molar-refractivity contribution in [1.29, 1.82) is 5.26 Å². The summed E-state index contributed by atoms with van der Waals surface area (Å²) in [5.41, 5.74) is 15.8. The summed E-state index contributed by atoms with van der Waals surface area (Å²) in [6.07, 6.45) is 0. The van der Waals surface area contributed by atoms with Gasteiger partial charge in [-0.25, -0.2) is 0 Å². The first-order valence-electron chi connectivity index (χ1n) is 6.64. The van der Waals surface area contributed by atoms with E-state index in [0.29, 0.717) is 17.0 Å². The molecule has 0 aliphatic carbocycles. The van der Waals surface area contributed by atoms with Gasteiger partial charge in [-0.3, -0.25) is 0 Å². The van der Waals surface area contributed by atoms with E-state index in [1.54, 1.807) is 6.07 Å². The standard InChI is InChI=1S/C17H15N3O/c1-10-4-2-3-5-12(10)16-13-7-6-11(19)8-15(13)21-17(20)14(16)9-18/h2-8,16H,19-20H2,1H3/t16-/m0/s1. The molecular formula is C17H15N3O. The van der Waals surface area contributed by atoms with Crippen LogP contribution in [-0.4, -0.2) is 0 Å². The minimum Gasteiger partial charge on any atom is -0.440 e. The Kier molecular flexibility index (Phi) is 3.03. The third kappa shape index (κ3) is 2.09. The minimum atomic E-state index is -0.222. The number of hydrogen-bond donors (Lipinski definition) is 2. The van der Waals surface area contributed by atoms with Gasteiger partial charge in [-0.15, -0.1) is 0 Å². The lowest BCUT2D eigenvalue weighted by molar-refractivity contribution is 0.394. The van der Waals surface area contributed by atoms with Gasteiger partial charge in [-0.2, -0.15) is 5.26 Å². The van der Waals surface area contributed by atoms with Crippen molar-refractivity contribution >= 4 is 5.69 Å². The van der Waals surface area contributed by atoms with E-state index >= 15 is 0 Å². The van der Waals surface area contributed by atoms with Crippen LogP contribution in [0.15, 0.2) is 53.9 Å². The number of nitrogens with two attached hydrogens (primary N) is 2. The summed E-state index contributed by atoms with van der Waals surface area (Å²) in [5, 5.41) is 9.47. The molecule has 0 saturated heterocycles. The van der Waals surface area contributed by atoms with E-state index < -0.39 is 0 Å². The molecule has 3 rings (SSSR count). The predicted molar refractivity (Wildman–Crippen MR) is 81.3 cm³/mol. The van der Waals surface area contributed by atoms with Gasteiger partial charge in [0.25, 0.3) is 0 Å². The highest BCUT2D eigenvalue weighted by Gasteiger charge is 2.31. The van der Waals surface area contributed by atoms with E-state index in [1.165, 1.54) is 0 Å². The highest BCUT2D eigenvalue weighted by molar-refractivity contribution is 5.60. The van der Waals surface area contributed by atoms with Crippen LogP contribution in [0.1, 0.15) is 22.6 Å². The largest absolute Gasteiger partial charge is 0.440 e. The van der Waals surface area contributed by atoms with Crippen molar-refractivity contribution in [2.75, 3.05) is 5.73 Å². The fraction of sp³-hybridized carbons (Fsp3) is 0.118. The van der Waals surface area contributed by atoms with Crippen molar-refractivity contribution < 1.29 is 4.74 Å². The summed E-state index contributed by atoms with van der Waals surface area (Å²) in [7, 11) is 0. The van der Waals surface area contributed by atoms with Crippen LogP contribution >= 0.6 is 0 Å². The van der Waals surface area contributed by atoms with Crippen LogP contribution < -0.4 is 16.2 Å². The van der Waals surface area contributed by atoms with Crippen LogP contribution in [0.25, 0.3) is 0 Å². The van der Waals surface area contributed by atoms with Crippen LogP contribution in [0.4, 0.5) is 5.69 Å². The number of nitriles is 1. The molecule has 1 atom stereocenters. The molecule has 2 aromatic rings. The number of allylic oxidation sites excluding steroid dienone is 1. The lowest BCUT2D eigenvalue weighted by atomic mass is 9.81. The van der Waals surface area contributed by atoms with E-state index in [9.17, 15) is 5.26 Å². The molecule has 0 radical (unpaired) electrons. The molecule has 0 saturated carbocycles. The number of hydrogen-bond acceptors (Lipinski definition) is 4. The van der Waals surface area contributed by atoms with Gasteiger partial charge in [0.05, 0.1) is 5.92 Å². The van der Waals surface area contributed by atoms with Crippen LogP contribution in [0.3, 0.4) is 0 Å². The number of aryl methyl sites for hydroxylation is 1. The molecule has 21 heavy (non-hydrogen) atoms. The van der Waals surface area contributed by atoms with Crippen molar-refractivity contribution in [3.63, 3.8) is 0 Å². The summed E-state index contributed by atoms with van der Waals surface area (Å²) in [5.74, 6) is 0.532. The van der Waals surface area contributed by atoms with E-state index in [2.05, 4.69) is 6.07 Å². The molecule has 104 valence electrons. The number of fused-ring (bicyclic) bond motifs is 1. The van der Waals surface area contributed by atoms with Gasteiger partial charge in [-0.1, -0.05) is 30.3 Å². The van der Waals surface area contributed by atoms with Gasteiger partial charge in [0.15, 0.2) is 0 Å². The van der Waals surface area contributed by atoms with Crippen LogP contribution in [0.2, 0.25) is 0 Å². The highest BCUT2D eigenvalue weighted by Crippen LogP contribution is 2.43. The van der Waals surface area contributed by atoms with Crippen molar-refractivity contribution in [1.82, 2.24) is 0 Å². The molecule has 0 aromatic heterocycles. The summed E-state index contributed by atoms with van der Waals surface area (Å²) in [6, 6.07) is 15.6. The number of benzene rings is 2. The maximum Gasteiger partial charge on any atom is 0.205 e. The van der Waals surface area contributed by atoms with E-state index in [0.717, 1.165) is 16.7 Å². The molecule has 1 aliphatic rings. The van der Waals surface area contributed by atoms with Gasteiger partial charge in [0, 0.05) is 17.3 Å². The van der Waals surface area contributed by atoms with E-state index in [-0.39, 0.29) is 11.8 Å². The molecule has 4 N–H and O–H groups in total. The summed E-state index contributed by atoms with van der Waals surface area (Å²) < 4.78 is 5.56. The van der Waals surface area contributed by atoms with Crippen LogP contribution in [0.5, 0.6) is 5.75 Å². The maximum atomic E-state index is 9.47. The van der Waals surface area contributed by atoms with Gasteiger partial charge >= 0.3 is 0 Å². The molecule has 0 fully saturated rings. The van der Waals surface area contributed by atoms with Crippen LogP contribution in [0, 0.1) is 18.3 Å². The maximum absolute atomic E-state index is 9.47. The van der Waals surface area contributed by atoms with Crippen molar-refractivity contribution in [3.05, 3.63) is 70.6 Å². The number of rotatable bonds is 1. The molecule has 0 bridgehead atoms. The first kappa shape index (κ1) is 13.1. The number of anilines is 1. The second-order valence-electron chi connectivity index (χ2n) is 5.08. The third-order valence-electron chi connectivity index (χ3n) is 3.74. The number of nitrogen functional groups attached to an aromatic ring is 1. The lowest BCUT2D eigenvalue weighted by Gasteiger charge is -2.27. The Morgan fingerprint density at radius 3 is 2.57 bits per heavy atom. The minimum absolute atomic E-state index is 0.142. The van der Waals surface area contributed by atoms with Gasteiger partial charge in [0.1, 0.15) is 17.4 Å². The Bertz CT molecular complexity index is 787. The van der Waals surface area contributed by atoms with Crippen molar-refractivity contribution in [3.8, 4) is 11.8 Å². The molecular weight excluding hydrogens is 262 g/mol. The fourth-order valence-electron chi connectivity index (χ4n) is 2.70. The van der Waals surface area contributed by atoms with Crippen molar-refractivity contribution in [2.24, 2.45) is 5.73 Å². The molecule has 2 aromatic carbocycles. The monoisotopic (exact) mass is 277 g/mol. The second-order valence-corrected chi connectivity index (χ2v) is 5.08. The summed E-state index contributed by atoms with van der Waals surface area (Å²) in [4.78, 5) is 0. The Hall–Kier alpha value is -2.93. The first-order chi connectivity index (χ1) is 10.1. The average molecular weight is 277 g/mol. The molecule has 1 heterocycles. The Morgan fingerprint density at radius 2 is 1.86 bits per heavy atom. The van der Waals surface area contributed by atoms with Gasteiger partial charge < -0.3 is 16.2 Å². The first-order valence-corrected chi connectivity index (χ1v) is 6.64. The topological polar surface area (TPSA) is 85.1 Å². The summed E-state index contributed by atoms with van der Waals surface area (Å²) in [6.45, 7) is 2.02. The Morgan fingerprint density at radius 1 is 1.10 bits per heavy atom. The Labute approximate surface area is 123 Å². The normalized spacial score (nSPS) is 16.9. The molecule has 4 heteroatoms. The van der Waals surface area contributed by atoms with E-state index in [4.69, 9.17) is 16.2 Å².